The topological polar surface area (TPSA) is 53.4 Å². The van der Waals surface area contributed by atoms with Crippen molar-refractivity contribution < 1.29 is 10.0 Å². The largest absolute Gasteiger partial charge is 0.458 e. The molecule has 0 fully saturated rings. The van der Waals surface area contributed by atoms with Gasteiger partial charge in [-0.1, -0.05) is 20.8 Å². The first-order valence-corrected chi connectivity index (χ1v) is 5.08. The molecule has 2 N–H and O–H groups in total. The minimum absolute atomic E-state index is 0.0369. The molecule has 72 valence electrons. The fourth-order valence-electron chi connectivity index (χ4n) is 0.905. The molecule has 0 aliphatic rings. The van der Waals surface area contributed by atoms with E-state index in [1.165, 1.54) is 11.3 Å². The first-order chi connectivity index (χ1) is 5.89. The van der Waals surface area contributed by atoms with Crippen molar-refractivity contribution in [1.29, 1.82) is 0 Å². The van der Waals surface area contributed by atoms with E-state index >= 15 is 0 Å². The van der Waals surface area contributed by atoms with Crippen LogP contribution < -0.4 is 0 Å². The highest BCUT2D eigenvalue weighted by Gasteiger charge is 2.19. The molecule has 0 bridgehead atoms. The van der Waals surface area contributed by atoms with Gasteiger partial charge in [-0.3, -0.25) is 0 Å². The maximum absolute atomic E-state index is 8.74. The molecule has 0 amide bonds. The van der Waals surface area contributed by atoms with E-state index in [1.807, 2.05) is 5.38 Å². The van der Waals surface area contributed by atoms with E-state index in [1.54, 1.807) is 0 Å². The third-order valence-corrected chi connectivity index (χ3v) is 2.55. The zero-order valence-corrected chi connectivity index (χ0v) is 8.93. The van der Waals surface area contributed by atoms with Gasteiger partial charge >= 0.3 is 7.12 Å². The lowest BCUT2D eigenvalue weighted by Gasteiger charge is -2.14. The second kappa shape index (κ2) is 3.78. The first kappa shape index (κ1) is 10.7. The Hall–Kier alpha value is -0.385. The van der Waals surface area contributed by atoms with Crippen molar-refractivity contribution in [3.05, 3.63) is 16.1 Å². The quantitative estimate of drug-likeness (QED) is 0.698. The van der Waals surface area contributed by atoms with Crippen molar-refractivity contribution in [2.45, 2.75) is 32.5 Å². The van der Waals surface area contributed by atoms with Gasteiger partial charge in [0, 0.05) is 17.1 Å². The number of hydrogen-bond acceptors (Lipinski definition) is 4. The molecule has 3 nitrogen and oxygen atoms in total. The van der Waals surface area contributed by atoms with Crippen LogP contribution in [0.3, 0.4) is 0 Å². The van der Waals surface area contributed by atoms with Crippen LogP contribution in [0.1, 0.15) is 31.5 Å². The first-order valence-electron chi connectivity index (χ1n) is 4.20. The van der Waals surface area contributed by atoms with Crippen LogP contribution in [0.15, 0.2) is 5.38 Å². The second-order valence-electron chi connectivity index (χ2n) is 4.06. The summed E-state index contributed by atoms with van der Waals surface area (Å²) in [4.78, 5) is 4.32. The van der Waals surface area contributed by atoms with Crippen molar-refractivity contribution in [3.63, 3.8) is 0 Å². The van der Waals surface area contributed by atoms with Gasteiger partial charge in [-0.15, -0.1) is 11.3 Å². The van der Waals surface area contributed by atoms with Crippen LogP contribution in [0, 0.1) is 0 Å². The lowest BCUT2D eigenvalue weighted by atomic mass is 9.87. The standard InChI is InChI=1S/C8H14BNO2S/c1-8(2,3)6-5-13-7(10-6)4-9(11)12/h5,11-12H,4H2,1-3H3. The van der Waals surface area contributed by atoms with E-state index in [0.29, 0.717) is 0 Å². The van der Waals surface area contributed by atoms with Gasteiger partial charge in [-0.25, -0.2) is 4.98 Å². The lowest BCUT2D eigenvalue weighted by Crippen LogP contribution is -2.16. The van der Waals surface area contributed by atoms with E-state index in [-0.39, 0.29) is 11.7 Å². The molecule has 0 saturated heterocycles. The van der Waals surface area contributed by atoms with Crippen LogP contribution in [-0.2, 0) is 11.7 Å². The SMILES string of the molecule is CC(C)(C)c1csc(CB(O)O)n1. The van der Waals surface area contributed by atoms with Crippen LogP contribution in [0.4, 0.5) is 0 Å². The highest BCUT2D eigenvalue weighted by Crippen LogP contribution is 2.23. The third-order valence-electron chi connectivity index (χ3n) is 1.68. The van der Waals surface area contributed by atoms with Gasteiger partial charge in [0.05, 0.1) is 10.7 Å². The van der Waals surface area contributed by atoms with E-state index in [2.05, 4.69) is 25.8 Å². The minimum Gasteiger partial charge on any atom is -0.427 e. The Morgan fingerprint density at radius 2 is 2.08 bits per heavy atom. The molecular formula is C8H14BNO2S. The molecule has 0 aliphatic carbocycles. The summed E-state index contributed by atoms with van der Waals surface area (Å²) in [6.07, 6.45) is 0.223. The van der Waals surface area contributed by atoms with Crippen LogP contribution >= 0.6 is 11.3 Å². The summed E-state index contributed by atoms with van der Waals surface area (Å²) in [5.74, 6) is 0. The van der Waals surface area contributed by atoms with E-state index in [0.717, 1.165) is 10.7 Å². The maximum Gasteiger partial charge on any atom is 0.458 e. The van der Waals surface area contributed by atoms with Gasteiger partial charge in [0.2, 0.25) is 0 Å². The molecular weight excluding hydrogens is 185 g/mol. The average molecular weight is 199 g/mol. The lowest BCUT2D eigenvalue weighted by molar-refractivity contribution is 0.405. The van der Waals surface area contributed by atoms with Crippen LogP contribution in [-0.4, -0.2) is 22.2 Å². The molecule has 1 aromatic heterocycles. The molecule has 1 aromatic rings. The fourth-order valence-corrected chi connectivity index (χ4v) is 1.96. The Balaban J connectivity index is 2.75. The van der Waals surface area contributed by atoms with Gasteiger partial charge in [-0.2, -0.15) is 0 Å². The summed E-state index contributed by atoms with van der Waals surface area (Å²) in [5, 5.41) is 20.2. The van der Waals surface area contributed by atoms with Crippen molar-refractivity contribution in [3.8, 4) is 0 Å². The van der Waals surface area contributed by atoms with Gasteiger partial charge in [0.15, 0.2) is 0 Å². The zero-order valence-electron chi connectivity index (χ0n) is 8.11. The number of hydrogen-bond donors (Lipinski definition) is 2. The Labute approximate surface area is 82.6 Å². The Morgan fingerprint density at radius 1 is 1.46 bits per heavy atom. The summed E-state index contributed by atoms with van der Waals surface area (Å²) in [7, 11) is -1.29. The van der Waals surface area contributed by atoms with Crippen molar-refractivity contribution in [2.75, 3.05) is 0 Å². The summed E-state index contributed by atoms with van der Waals surface area (Å²) < 4.78 is 0. The number of rotatable bonds is 2. The molecule has 0 unspecified atom stereocenters. The van der Waals surface area contributed by atoms with Gasteiger partial charge in [0.25, 0.3) is 0 Å². The Kier molecular flexibility index (Phi) is 3.11. The Bertz CT molecular complexity index is 280. The average Bonchev–Trinajstić information content (AvgIpc) is 2.32. The maximum atomic E-state index is 8.74. The molecule has 0 atom stereocenters. The van der Waals surface area contributed by atoms with Gasteiger partial charge in [0.1, 0.15) is 0 Å². The van der Waals surface area contributed by atoms with Crippen LogP contribution in [0.2, 0.25) is 0 Å². The van der Waals surface area contributed by atoms with E-state index < -0.39 is 7.12 Å². The molecule has 0 saturated carbocycles. The second-order valence-corrected chi connectivity index (χ2v) is 5.00. The molecule has 0 aliphatic heterocycles. The summed E-state index contributed by atoms with van der Waals surface area (Å²) in [6.45, 7) is 6.25. The molecule has 5 heteroatoms. The molecule has 13 heavy (non-hydrogen) atoms. The molecule has 1 heterocycles. The molecule has 1 rings (SSSR count). The van der Waals surface area contributed by atoms with Crippen molar-refractivity contribution >= 4 is 18.5 Å². The zero-order chi connectivity index (χ0) is 10.1. The number of nitrogens with zero attached hydrogens (tertiary/aromatic N) is 1. The summed E-state index contributed by atoms with van der Waals surface area (Å²) in [5.41, 5.74) is 1.04. The van der Waals surface area contributed by atoms with Crippen LogP contribution in [0.5, 0.6) is 0 Å². The summed E-state index contributed by atoms with van der Waals surface area (Å²) >= 11 is 1.47. The molecule has 0 radical (unpaired) electrons. The fraction of sp³-hybridized carbons (Fsp3) is 0.625. The Morgan fingerprint density at radius 3 is 2.46 bits per heavy atom. The van der Waals surface area contributed by atoms with E-state index in [4.69, 9.17) is 10.0 Å². The highest BCUT2D eigenvalue weighted by molar-refractivity contribution is 7.10. The van der Waals surface area contributed by atoms with Gasteiger partial charge < -0.3 is 10.0 Å². The predicted molar refractivity (Wildman–Crippen MR) is 54.7 cm³/mol. The minimum atomic E-state index is -1.29. The van der Waals surface area contributed by atoms with Crippen LogP contribution in [0.25, 0.3) is 0 Å². The predicted octanol–water partition coefficient (Wildman–Crippen LogP) is 0.995. The monoisotopic (exact) mass is 199 g/mol. The highest BCUT2D eigenvalue weighted by atomic mass is 32.1. The van der Waals surface area contributed by atoms with E-state index in [9.17, 15) is 0 Å². The summed E-state index contributed by atoms with van der Waals surface area (Å²) in [6, 6.07) is 0. The molecule has 0 spiro atoms. The normalized spacial score (nSPS) is 11.8. The smallest absolute Gasteiger partial charge is 0.427 e. The molecule has 0 aromatic carbocycles. The van der Waals surface area contributed by atoms with Crippen molar-refractivity contribution in [2.24, 2.45) is 0 Å². The van der Waals surface area contributed by atoms with Gasteiger partial charge in [-0.05, 0) is 0 Å². The van der Waals surface area contributed by atoms with Crippen molar-refractivity contribution in [1.82, 2.24) is 4.98 Å². The number of aromatic nitrogens is 1. The number of thiazole rings is 1. The third kappa shape index (κ3) is 3.10.